The van der Waals surface area contributed by atoms with Gasteiger partial charge >= 0.3 is 0 Å². The Morgan fingerprint density at radius 1 is 1.40 bits per heavy atom. The lowest BCUT2D eigenvalue weighted by Gasteiger charge is -2.40. The highest BCUT2D eigenvalue weighted by Crippen LogP contribution is 2.24. The fraction of sp³-hybridized carbons (Fsp3) is 0.538. The highest BCUT2D eigenvalue weighted by atomic mass is 16.2. The van der Waals surface area contributed by atoms with Gasteiger partial charge in [0.25, 0.3) is 5.91 Å². The molecule has 0 unspecified atom stereocenters. The molecule has 0 atom stereocenters. The highest BCUT2D eigenvalue weighted by Gasteiger charge is 2.41. The third-order valence-electron chi connectivity index (χ3n) is 3.24. The summed E-state index contributed by atoms with van der Waals surface area (Å²) in [5.41, 5.74) is -0.841. The van der Waals surface area contributed by atoms with E-state index in [1.165, 1.54) is 0 Å². The Morgan fingerprint density at radius 2 is 2.15 bits per heavy atom. The molecule has 1 aromatic rings. The van der Waals surface area contributed by atoms with Crippen LogP contribution in [0.2, 0.25) is 0 Å². The van der Waals surface area contributed by atoms with Crippen molar-refractivity contribution in [1.29, 1.82) is 0 Å². The summed E-state index contributed by atoms with van der Waals surface area (Å²) < 4.78 is 0. The van der Waals surface area contributed by atoms with Gasteiger partial charge in [-0.05, 0) is 20.3 Å². The first-order valence-electron chi connectivity index (χ1n) is 6.63. The maximum atomic E-state index is 11.9. The van der Waals surface area contributed by atoms with Crippen molar-refractivity contribution >= 4 is 23.5 Å². The topological polar surface area (TPSA) is 87.2 Å². The van der Waals surface area contributed by atoms with E-state index in [0.29, 0.717) is 11.6 Å². The Bertz CT molecular complexity index is 529. The molecule has 0 aromatic carbocycles. The van der Waals surface area contributed by atoms with Gasteiger partial charge in [-0.15, -0.1) is 0 Å². The van der Waals surface area contributed by atoms with E-state index in [4.69, 9.17) is 0 Å². The fourth-order valence-electron chi connectivity index (χ4n) is 1.97. The van der Waals surface area contributed by atoms with Crippen molar-refractivity contribution < 1.29 is 9.59 Å². The van der Waals surface area contributed by atoms with Gasteiger partial charge in [-0.1, -0.05) is 6.92 Å². The molecule has 2 rings (SSSR count). The van der Waals surface area contributed by atoms with E-state index in [2.05, 4.69) is 27.5 Å². The van der Waals surface area contributed by atoms with E-state index in [-0.39, 0.29) is 18.4 Å². The van der Waals surface area contributed by atoms with Crippen LogP contribution < -0.4 is 15.5 Å². The third-order valence-corrected chi connectivity index (χ3v) is 3.24. The van der Waals surface area contributed by atoms with E-state index in [1.807, 2.05) is 0 Å². The van der Waals surface area contributed by atoms with Crippen molar-refractivity contribution in [3.05, 3.63) is 12.4 Å². The maximum Gasteiger partial charge on any atom is 0.251 e. The maximum absolute atomic E-state index is 11.9. The minimum absolute atomic E-state index is 0.0879. The minimum Gasteiger partial charge on any atom is -0.369 e. The summed E-state index contributed by atoms with van der Waals surface area (Å²) in [6.07, 6.45) is 4.16. The molecule has 108 valence electrons. The van der Waals surface area contributed by atoms with Gasteiger partial charge in [0.2, 0.25) is 5.91 Å². The molecule has 0 saturated carbocycles. The smallest absolute Gasteiger partial charge is 0.251 e. The first-order chi connectivity index (χ1) is 9.45. The lowest BCUT2D eigenvalue weighted by molar-refractivity contribution is -0.135. The molecule has 0 spiro atoms. The lowest BCUT2D eigenvalue weighted by atomic mass is 9.99. The fourth-order valence-corrected chi connectivity index (χ4v) is 1.97. The van der Waals surface area contributed by atoms with E-state index < -0.39 is 5.54 Å². The molecule has 1 aliphatic rings. The average molecular weight is 277 g/mol. The largest absolute Gasteiger partial charge is 0.369 e. The second-order valence-electron chi connectivity index (χ2n) is 5.21. The first-order valence-corrected chi connectivity index (χ1v) is 6.63. The zero-order valence-corrected chi connectivity index (χ0v) is 11.9. The SMILES string of the molecule is CCCNc1cncc(N2CC(=O)NC(=O)C2(C)C)n1. The number of piperazine rings is 1. The van der Waals surface area contributed by atoms with Crippen molar-refractivity contribution in [3.8, 4) is 0 Å². The number of hydrogen-bond donors (Lipinski definition) is 2. The summed E-state index contributed by atoms with van der Waals surface area (Å²) in [7, 11) is 0. The molecule has 0 aliphatic carbocycles. The normalized spacial score (nSPS) is 17.9. The van der Waals surface area contributed by atoms with Gasteiger partial charge in [0.1, 0.15) is 11.4 Å². The molecule has 1 saturated heterocycles. The molecule has 2 amide bonds. The van der Waals surface area contributed by atoms with Crippen LogP contribution in [0.5, 0.6) is 0 Å². The monoisotopic (exact) mass is 277 g/mol. The van der Waals surface area contributed by atoms with Crippen LogP contribution in [-0.4, -0.2) is 40.4 Å². The molecular formula is C13H19N5O2. The Balaban J connectivity index is 2.29. The number of aromatic nitrogens is 2. The van der Waals surface area contributed by atoms with Crippen LogP contribution in [0.4, 0.5) is 11.6 Å². The van der Waals surface area contributed by atoms with Crippen LogP contribution in [0.15, 0.2) is 12.4 Å². The summed E-state index contributed by atoms with van der Waals surface area (Å²) in [6.45, 7) is 6.44. The van der Waals surface area contributed by atoms with Crippen molar-refractivity contribution in [1.82, 2.24) is 15.3 Å². The minimum atomic E-state index is -0.841. The molecule has 0 bridgehead atoms. The van der Waals surface area contributed by atoms with Crippen molar-refractivity contribution in [2.75, 3.05) is 23.3 Å². The lowest BCUT2D eigenvalue weighted by Crippen LogP contribution is -2.64. The Hall–Kier alpha value is -2.18. The van der Waals surface area contributed by atoms with Gasteiger partial charge in [-0.25, -0.2) is 4.98 Å². The van der Waals surface area contributed by atoms with Crippen LogP contribution in [0, 0.1) is 0 Å². The first kappa shape index (κ1) is 14.2. The molecule has 1 aliphatic heterocycles. The summed E-state index contributed by atoms with van der Waals surface area (Å²) in [6, 6.07) is 0. The van der Waals surface area contributed by atoms with Crippen molar-refractivity contribution in [3.63, 3.8) is 0 Å². The van der Waals surface area contributed by atoms with Gasteiger partial charge in [0, 0.05) is 6.54 Å². The number of hydrogen-bond acceptors (Lipinski definition) is 6. The second kappa shape index (κ2) is 5.44. The van der Waals surface area contributed by atoms with E-state index >= 15 is 0 Å². The van der Waals surface area contributed by atoms with Crippen LogP contribution in [-0.2, 0) is 9.59 Å². The van der Waals surface area contributed by atoms with Gasteiger partial charge in [-0.3, -0.25) is 19.9 Å². The van der Waals surface area contributed by atoms with Crippen LogP contribution in [0.25, 0.3) is 0 Å². The summed E-state index contributed by atoms with van der Waals surface area (Å²) in [5, 5.41) is 5.47. The van der Waals surface area contributed by atoms with Crippen LogP contribution in [0.3, 0.4) is 0 Å². The average Bonchev–Trinajstić information content (AvgIpc) is 2.41. The molecule has 1 aromatic heterocycles. The number of nitrogens with one attached hydrogen (secondary N) is 2. The molecule has 7 nitrogen and oxygen atoms in total. The van der Waals surface area contributed by atoms with E-state index in [0.717, 1.165) is 13.0 Å². The summed E-state index contributed by atoms with van der Waals surface area (Å²) >= 11 is 0. The summed E-state index contributed by atoms with van der Waals surface area (Å²) in [5.74, 6) is 0.489. The number of carbonyl (C=O) groups excluding carboxylic acids is 2. The Labute approximate surface area is 117 Å². The van der Waals surface area contributed by atoms with Gasteiger partial charge in [-0.2, -0.15) is 0 Å². The number of rotatable bonds is 4. The molecule has 0 radical (unpaired) electrons. The third kappa shape index (κ3) is 2.71. The van der Waals surface area contributed by atoms with Crippen LogP contribution >= 0.6 is 0 Å². The Kier molecular flexibility index (Phi) is 3.87. The predicted molar refractivity (Wildman–Crippen MR) is 75.4 cm³/mol. The highest BCUT2D eigenvalue weighted by molar-refractivity contribution is 6.06. The number of anilines is 2. The van der Waals surface area contributed by atoms with Crippen LogP contribution in [0.1, 0.15) is 27.2 Å². The summed E-state index contributed by atoms with van der Waals surface area (Å²) in [4.78, 5) is 33.7. The zero-order chi connectivity index (χ0) is 14.8. The number of carbonyl (C=O) groups is 2. The Morgan fingerprint density at radius 3 is 2.85 bits per heavy atom. The van der Waals surface area contributed by atoms with E-state index in [1.54, 1.807) is 31.1 Å². The number of nitrogens with zero attached hydrogens (tertiary/aromatic N) is 3. The van der Waals surface area contributed by atoms with Gasteiger partial charge in [0.05, 0.1) is 18.9 Å². The molecule has 7 heteroatoms. The van der Waals surface area contributed by atoms with Crippen molar-refractivity contribution in [2.24, 2.45) is 0 Å². The van der Waals surface area contributed by atoms with E-state index in [9.17, 15) is 9.59 Å². The molecule has 2 N–H and O–H groups in total. The standard InChI is InChI=1S/C13H19N5O2/c1-4-5-15-9-6-14-7-10(16-9)18-8-11(19)17-12(20)13(18,2)3/h6-7H,4-5,8H2,1-3H3,(H,15,16)(H,17,19,20). The molecule has 1 fully saturated rings. The number of imide groups is 1. The molecule has 2 heterocycles. The number of amides is 2. The van der Waals surface area contributed by atoms with Gasteiger partial charge < -0.3 is 10.2 Å². The van der Waals surface area contributed by atoms with Gasteiger partial charge in [0.15, 0.2) is 5.82 Å². The van der Waals surface area contributed by atoms with Crippen molar-refractivity contribution in [2.45, 2.75) is 32.7 Å². The molecule has 20 heavy (non-hydrogen) atoms. The predicted octanol–water partition coefficient (Wildman–Crippen LogP) is 0.540. The second-order valence-corrected chi connectivity index (χ2v) is 5.21. The zero-order valence-electron chi connectivity index (χ0n) is 11.9. The molecular weight excluding hydrogens is 258 g/mol. The quantitative estimate of drug-likeness (QED) is 0.781.